The third-order valence-electron chi connectivity index (χ3n) is 5.20. The van der Waals surface area contributed by atoms with Gasteiger partial charge in [0.1, 0.15) is 0 Å². The predicted molar refractivity (Wildman–Crippen MR) is 68.4 cm³/mol. The number of rotatable bonds is 4. The second-order valence-corrected chi connectivity index (χ2v) is 6.43. The zero-order valence-corrected chi connectivity index (χ0v) is 10.6. The van der Waals surface area contributed by atoms with E-state index in [1.165, 1.54) is 45.1 Å². The van der Waals surface area contributed by atoms with Gasteiger partial charge in [-0.05, 0) is 56.4 Å². The van der Waals surface area contributed by atoms with Crippen LogP contribution in [0.15, 0.2) is 0 Å². The van der Waals surface area contributed by atoms with Crippen molar-refractivity contribution in [1.29, 1.82) is 0 Å². The monoisotopic (exact) mass is 221 g/mol. The van der Waals surface area contributed by atoms with E-state index >= 15 is 0 Å². The molecule has 1 N–H and O–H groups in total. The first-order chi connectivity index (χ1) is 7.93. The Morgan fingerprint density at radius 1 is 0.812 bits per heavy atom. The summed E-state index contributed by atoms with van der Waals surface area (Å²) >= 11 is 0. The van der Waals surface area contributed by atoms with E-state index in [0.717, 1.165) is 23.8 Å². The first-order valence-corrected chi connectivity index (χ1v) is 7.67. The Morgan fingerprint density at radius 3 is 2.12 bits per heavy atom. The molecular formula is C15H27N. The summed E-state index contributed by atoms with van der Waals surface area (Å²) in [5.41, 5.74) is 0. The third kappa shape index (κ3) is 2.61. The van der Waals surface area contributed by atoms with Crippen molar-refractivity contribution in [3.05, 3.63) is 0 Å². The maximum Gasteiger partial charge on any atom is 0.00699 e. The lowest BCUT2D eigenvalue weighted by Gasteiger charge is -2.31. The van der Waals surface area contributed by atoms with Crippen molar-refractivity contribution in [3.8, 4) is 0 Å². The second kappa shape index (κ2) is 5.08. The Morgan fingerprint density at radius 2 is 1.50 bits per heavy atom. The molecule has 1 nitrogen and oxygen atoms in total. The average Bonchev–Trinajstić information content (AvgIpc) is 3.02. The molecule has 1 heteroatoms. The Bertz CT molecular complexity index is 209. The van der Waals surface area contributed by atoms with Crippen molar-refractivity contribution in [2.24, 2.45) is 17.8 Å². The van der Waals surface area contributed by atoms with Gasteiger partial charge < -0.3 is 5.32 Å². The van der Waals surface area contributed by atoms with Crippen LogP contribution < -0.4 is 5.32 Å². The molecule has 0 spiro atoms. The van der Waals surface area contributed by atoms with Crippen LogP contribution in [0.1, 0.15) is 64.2 Å². The molecule has 1 saturated heterocycles. The summed E-state index contributed by atoms with van der Waals surface area (Å²) in [7, 11) is 0. The highest BCUT2D eigenvalue weighted by Crippen LogP contribution is 2.47. The normalized spacial score (nSPS) is 34.1. The third-order valence-corrected chi connectivity index (χ3v) is 5.20. The van der Waals surface area contributed by atoms with Crippen LogP contribution >= 0.6 is 0 Å². The molecule has 0 aromatic carbocycles. The molecule has 3 aliphatic rings. The molecule has 2 atom stereocenters. The Hall–Kier alpha value is -0.0400. The summed E-state index contributed by atoms with van der Waals surface area (Å²) in [6, 6.07) is 0.875. The fourth-order valence-electron chi connectivity index (χ4n) is 4.13. The lowest BCUT2D eigenvalue weighted by molar-refractivity contribution is 0.232. The lowest BCUT2D eigenvalue weighted by atomic mass is 9.80. The van der Waals surface area contributed by atoms with Gasteiger partial charge in [0, 0.05) is 6.04 Å². The molecule has 0 bridgehead atoms. The summed E-state index contributed by atoms with van der Waals surface area (Å²) < 4.78 is 0. The Kier molecular flexibility index (Phi) is 3.51. The minimum atomic E-state index is 0.875. The van der Waals surface area contributed by atoms with Crippen molar-refractivity contribution < 1.29 is 0 Å². The van der Waals surface area contributed by atoms with Crippen LogP contribution in [0, 0.1) is 17.8 Å². The highest BCUT2D eigenvalue weighted by Gasteiger charge is 2.38. The summed E-state index contributed by atoms with van der Waals surface area (Å²) in [6.45, 7) is 1.28. The van der Waals surface area contributed by atoms with E-state index in [0.29, 0.717) is 0 Å². The molecule has 1 aliphatic heterocycles. The van der Waals surface area contributed by atoms with Gasteiger partial charge in [0.05, 0.1) is 0 Å². The summed E-state index contributed by atoms with van der Waals surface area (Å²) in [6.07, 6.45) is 15.1. The summed E-state index contributed by atoms with van der Waals surface area (Å²) in [5, 5.41) is 3.76. The Balaban J connectivity index is 1.55. The SMILES string of the molecule is C1CCC(CC(C2CCCC2)C2CC2)NC1. The standard InChI is InChI=1S/C15H27N/c1-2-6-12(5-1)15(13-8-9-13)11-14-7-3-4-10-16-14/h12-16H,1-11H2. The zero-order chi connectivity index (χ0) is 10.8. The quantitative estimate of drug-likeness (QED) is 0.762. The van der Waals surface area contributed by atoms with Crippen LogP contribution in [0.2, 0.25) is 0 Å². The average molecular weight is 221 g/mol. The van der Waals surface area contributed by atoms with Gasteiger partial charge in [0.15, 0.2) is 0 Å². The van der Waals surface area contributed by atoms with Crippen molar-refractivity contribution in [1.82, 2.24) is 5.32 Å². The molecule has 0 amide bonds. The molecule has 1 heterocycles. The molecule has 2 aliphatic carbocycles. The van der Waals surface area contributed by atoms with Gasteiger partial charge in [-0.3, -0.25) is 0 Å². The Labute approximate surface area is 100 Å². The topological polar surface area (TPSA) is 12.0 Å². The van der Waals surface area contributed by atoms with E-state index in [1.54, 1.807) is 25.7 Å². The van der Waals surface area contributed by atoms with Crippen molar-refractivity contribution >= 4 is 0 Å². The fraction of sp³-hybridized carbons (Fsp3) is 1.00. The summed E-state index contributed by atoms with van der Waals surface area (Å²) in [5.74, 6) is 3.33. The van der Waals surface area contributed by atoms with Crippen molar-refractivity contribution in [3.63, 3.8) is 0 Å². The second-order valence-electron chi connectivity index (χ2n) is 6.43. The van der Waals surface area contributed by atoms with E-state index < -0.39 is 0 Å². The molecule has 0 aromatic heterocycles. The largest absolute Gasteiger partial charge is 0.314 e. The molecule has 2 unspecified atom stereocenters. The highest BCUT2D eigenvalue weighted by molar-refractivity contribution is 4.90. The van der Waals surface area contributed by atoms with Gasteiger partial charge in [-0.1, -0.05) is 32.1 Å². The maximum absolute atomic E-state index is 3.76. The van der Waals surface area contributed by atoms with Gasteiger partial charge in [-0.15, -0.1) is 0 Å². The van der Waals surface area contributed by atoms with Gasteiger partial charge in [-0.2, -0.15) is 0 Å². The zero-order valence-electron chi connectivity index (χ0n) is 10.6. The van der Waals surface area contributed by atoms with Gasteiger partial charge in [0.25, 0.3) is 0 Å². The maximum atomic E-state index is 3.76. The molecule has 16 heavy (non-hydrogen) atoms. The van der Waals surface area contributed by atoms with E-state index in [1.807, 2.05) is 0 Å². The van der Waals surface area contributed by atoms with Crippen molar-refractivity contribution in [2.75, 3.05) is 6.54 Å². The van der Waals surface area contributed by atoms with Gasteiger partial charge in [-0.25, -0.2) is 0 Å². The molecule has 3 rings (SSSR count). The highest BCUT2D eigenvalue weighted by atomic mass is 14.9. The van der Waals surface area contributed by atoms with Crippen molar-refractivity contribution in [2.45, 2.75) is 70.3 Å². The molecular weight excluding hydrogens is 194 g/mol. The van der Waals surface area contributed by atoms with Gasteiger partial charge in [0.2, 0.25) is 0 Å². The van der Waals surface area contributed by atoms with Crippen LogP contribution in [-0.4, -0.2) is 12.6 Å². The lowest BCUT2D eigenvalue weighted by Crippen LogP contribution is -2.37. The van der Waals surface area contributed by atoms with Crippen LogP contribution in [0.25, 0.3) is 0 Å². The van der Waals surface area contributed by atoms with Gasteiger partial charge >= 0.3 is 0 Å². The van der Waals surface area contributed by atoms with E-state index in [4.69, 9.17) is 0 Å². The first-order valence-electron chi connectivity index (χ1n) is 7.67. The molecule has 0 radical (unpaired) electrons. The number of piperidine rings is 1. The number of hydrogen-bond donors (Lipinski definition) is 1. The van der Waals surface area contributed by atoms with Crippen LogP contribution in [0.5, 0.6) is 0 Å². The number of hydrogen-bond acceptors (Lipinski definition) is 1. The van der Waals surface area contributed by atoms with E-state index in [-0.39, 0.29) is 0 Å². The number of nitrogens with one attached hydrogen (secondary N) is 1. The van der Waals surface area contributed by atoms with Crippen LogP contribution in [0.3, 0.4) is 0 Å². The molecule has 3 fully saturated rings. The van der Waals surface area contributed by atoms with Crippen LogP contribution in [0.4, 0.5) is 0 Å². The molecule has 0 aromatic rings. The van der Waals surface area contributed by atoms with Crippen LogP contribution in [-0.2, 0) is 0 Å². The predicted octanol–water partition coefficient (Wildman–Crippen LogP) is 3.74. The van der Waals surface area contributed by atoms with E-state index in [2.05, 4.69) is 5.32 Å². The minimum Gasteiger partial charge on any atom is -0.314 e. The molecule has 2 saturated carbocycles. The fourth-order valence-corrected chi connectivity index (χ4v) is 4.13. The summed E-state index contributed by atoms with van der Waals surface area (Å²) in [4.78, 5) is 0. The minimum absolute atomic E-state index is 0.875. The smallest absolute Gasteiger partial charge is 0.00699 e. The first kappa shape index (κ1) is 11.1. The van der Waals surface area contributed by atoms with E-state index in [9.17, 15) is 0 Å². The molecule has 92 valence electrons.